The molecule has 6 nitrogen and oxygen atoms in total. The van der Waals surface area contributed by atoms with Crippen LogP contribution in [-0.2, 0) is 4.79 Å². The zero-order chi connectivity index (χ0) is 13.8. The summed E-state index contributed by atoms with van der Waals surface area (Å²) in [7, 11) is 0. The summed E-state index contributed by atoms with van der Waals surface area (Å²) in [5.41, 5.74) is 1.85. The highest BCUT2D eigenvalue weighted by molar-refractivity contribution is 5.80. The van der Waals surface area contributed by atoms with Crippen LogP contribution in [0.2, 0.25) is 0 Å². The molecule has 19 heavy (non-hydrogen) atoms. The Morgan fingerprint density at radius 2 is 2.26 bits per heavy atom. The zero-order valence-electron chi connectivity index (χ0n) is 11.5. The molecule has 102 valence electrons. The van der Waals surface area contributed by atoms with Crippen molar-refractivity contribution < 1.29 is 4.79 Å². The summed E-state index contributed by atoms with van der Waals surface area (Å²) in [6.07, 6.45) is 1.83. The quantitative estimate of drug-likeness (QED) is 0.849. The average Bonchev–Trinajstić information content (AvgIpc) is 2.78. The van der Waals surface area contributed by atoms with Crippen molar-refractivity contribution >= 4 is 17.5 Å². The molecular formula is C13H19N5O. The van der Waals surface area contributed by atoms with E-state index in [2.05, 4.69) is 34.6 Å². The number of nitrogens with one attached hydrogen (secondary N) is 2. The van der Waals surface area contributed by atoms with Crippen molar-refractivity contribution in [3.05, 3.63) is 23.9 Å². The Bertz CT molecular complexity index is 575. The molecule has 6 heteroatoms. The van der Waals surface area contributed by atoms with Gasteiger partial charge in [-0.15, -0.1) is 5.10 Å². The van der Waals surface area contributed by atoms with Crippen molar-refractivity contribution in [3.8, 4) is 0 Å². The van der Waals surface area contributed by atoms with Gasteiger partial charge in [0.15, 0.2) is 5.65 Å². The Morgan fingerprint density at radius 1 is 1.47 bits per heavy atom. The first kappa shape index (κ1) is 13.3. The first-order valence-corrected chi connectivity index (χ1v) is 6.39. The van der Waals surface area contributed by atoms with E-state index in [9.17, 15) is 4.79 Å². The molecule has 0 bridgehead atoms. The predicted octanol–water partition coefficient (Wildman–Crippen LogP) is 1.22. The normalized spacial score (nSPS) is 10.9. The van der Waals surface area contributed by atoms with Crippen molar-refractivity contribution in [3.63, 3.8) is 0 Å². The summed E-state index contributed by atoms with van der Waals surface area (Å²) in [5, 5.41) is 10.0. The van der Waals surface area contributed by atoms with Crippen LogP contribution in [0.25, 0.3) is 5.65 Å². The van der Waals surface area contributed by atoms with Gasteiger partial charge < -0.3 is 10.6 Å². The number of aryl methyl sites for hydroxylation is 1. The summed E-state index contributed by atoms with van der Waals surface area (Å²) >= 11 is 0. The molecule has 2 N–H and O–H groups in total. The van der Waals surface area contributed by atoms with Gasteiger partial charge in [0.05, 0.1) is 6.54 Å². The van der Waals surface area contributed by atoms with E-state index in [4.69, 9.17) is 0 Å². The highest BCUT2D eigenvalue weighted by Crippen LogP contribution is 2.09. The number of nitrogens with zero attached hydrogens (tertiary/aromatic N) is 3. The van der Waals surface area contributed by atoms with E-state index in [0.29, 0.717) is 18.4 Å². The summed E-state index contributed by atoms with van der Waals surface area (Å²) in [5.74, 6) is 0.859. The molecule has 0 saturated heterocycles. The zero-order valence-corrected chi connectivity index (χ0v) is 11.5. The molecule has 0 saturated carbocycles. The lowest BCUT2D eigenvalue weighted by molar-refractivity contribution is -0.119. The van der Waals surface area contributed by atoms with Crippen LogP contribution in [0.3, 0.4) is 0 Å². The monoisotopic (exact) mass is 261 g/mol. The van der Waals surface area contributed by atoms with E-state index in [1.54, 1.807) is 4.52 Å². The molecule has 0 aliphatic carbocycles. The van der Waals surface area contributed by atoms with Gasteiger partial charge in [-0.2, -0.15) is 4.98 Å². The summed E-state index contributed by atoms with van der Waals surface area (Å²) in [4.78, 5) is 15.9. The van der Waals surface area contributed by atoms with Gasteiger partial charge in [-0.3, -0.25) is 4.79 Å². The van der Waals surface area contributed by atoms with Gasteiger partial charge in [-0.25, -0.2) is 4.52 Å². The van der Waals surface area contributed by atoms with E-state index in [-0.39, 0.29) is 12.5 Å². The molecule has 2 aromatic rings. The topological polar surface area (TPSA) is 71.3 Å². The number of anilines is 1. The maximum atomic E-state index is 11.6. The van der Waals surface area contributed by atoms with E-state index in [1.165, 1.54) is 0 Å². The lowest BCUT2D eigenvalue weighted by Gasteiger charge is -2.07. The fourth-order valence-corrected chi connectivity index (χ4v) is 1.65. The van der Waals surface area contributed by atoms with E-state index in [0.717, 1.165) is 11.2 Å². The maximum absolute atomic E-state index is 11.6. The summed E-state index contributed by atoms with van der Waals surface area (Å²) in [6, 6.07) is 3.89. The lowest BCUT2D eigenvalue weighted by atomic mass is 10.2. The first-order chi connectivity index (χ1) is 9.06. The predicted molar refractivity (Wildman–Crippen MR) is 74.1 cm³/mol. The number of aromatic nitrogens is 3. The largest absolute Gasteiger partial charge is 0.354 e. The van der Waals surface area contributed by atoms with Gasteiger partial charge >= 0.3 is 0 Å². The van der Waals surface area contributed by atoms with Crippen LogP contribution in [0.15, 0.2) is 18.3 Å². The minimum Gasteiger partial charge on any atom is -0.354 e. The number of amides is 1. The van der Waals surface area contributed by atoms with Crippen molar-refractivity contribution in [1.82, 2.24) is 19.9 Å². The minimum atomic E-state index is -0.0516. The second kappa shape index (κ2) is 5.69. The number of pyridine rings is 1. The molecule has 0 fully saturated rings. The molecule has 0 aliphatic rings. The van der Waals surface area contributed by atoms with E-state index >= 15 is 0 Å². The number of hydrogen-bond donors (Lipinski definition) is 2. The molecule has 0 spiro atoms. The minimum absolute atomic E-state index is 0.0516. The Hall–Kier alpha value is -2.11. The maximum Gasteiger partial charge on any atom is 0.243 e. The van der Waals surface area contributed by atoms with Crippen molar-refractivity contribution in [2.75, 3.05) is 18.4 Å². The fourth-order valence-electron chi connectivity index (χ4n) is 1.65. The smallest absolute Gasteiger partial charge is 0.243 e. The van der Waals surface area contributed by atoms with Crippen LogP contribution in [0.5, 0.6) is 0 Å². The second-order valence-electron chi connectivity index (χ2n) is 4.95. The molecular weight excluding hydrogens is 242 g/mol. The van der Waals surface area contributed by atoms with Crippen molar-refractivity contribution in [1.29, 1.82) is 0 Å². The van der Waals surface area contributed by atoms with Gasteiger partial charge in [-0.05, 0) is 24.5 Å². The SMILES string of the molecule is Cc1cccn2nc(NCC(=O)NCC(C)C)nc12. The Morgan fingerprint density at radius 3 is 2.95 bits per heavy atom. The first-order valence-electron chi connectivity index (χ1n) is 6.39. The molecule has 0 unspecified atom stereocenters. The number of carbonyl (C=O) groups is 1. The summed E-state index contributed by atoms with van der Waals surface area (Å²) in [6.45, 7) is 6.95. The molecule has 0 aliphatic heterocycles. The van der Waals surface area contributed by atoms with Crippen LogP contribution >= 0.6 is 0 Å². The molecule has 0 atom stereocenters. The van der Waals surface area contributed by atoms with Crippen molar-refractivity contribution in [2.24, 2.45) is 5.92 Å². The highest BCUT2D eigenvalue weighted by Gasteiger charge is 2.07. The molecule has 0 radical (unpaired) electrons. The van der Waals surface area contributed by atoms with Crippen LogP contribution in [0.1, 0.15) is 19.4 Å². The Labute approximate surface area is 112 Å². The van der Waals surface area contributed by atoms with Gasteiger partial charge in [0.2, 0.25) is 11.9 Å². The molecule has 2 aromatic heterocycles. The average molecular weight is 261 g/mol. The van der Waals surface area contributed by atoms with Crippen LogP contribution in [0.4, 0.5) is 5.95 Å². The van der Waals surface area contributed by atoms with Crippen LogP contribution < -0.4 is 10.6 Å². The highest BCUT2D eigenvalue weighted by atomic mass is 16.1. The van der Waals surface area contributed by atoms with Gasteiger partial charge in [0.1, 0.15) is 0 Å². The van der Waals surface area contributed by atoms with Gasteiger partial charge in [-0.1, -0.05) is 19.9 Å². The molecule has 0 aromatic carbocycles. The number of hydrogen-bond acceptors (Lipinski definition) is 4. The van der Waals surface area contributed by atoms with Crippen LogP contribution in [0, 0.1) is 12.8 Å². The van der Waals surface area contributed by atoms with Gasteiger partial charge in [0, 0.05) is 12.7 Å². The molecule has 2 rings (SSSR count). The number of carbonyl (C=O) groups excluding carboxylic acids is 1. The van der Waals surface area contributed by atoms with E-state index in [1.807, 2.05) is 25.3 Å². The van der Waals surface area contributed by atoms with Crippen molar-refractivity contribution in [2.45, 2.75) is 20.8 Å². The third-order valence-electron chi connectivity index (χ3n) is 2.67. The molecule has 1 amide bonds. The third-order valence-corrected chi connectivity index (χ3v) is 2.67. The van der Waals surface area contributed by atoms with Crippen LogP contribution in [-0.4, -0.2) is 33.6 Å². The Balaban J connectivity index is 1.95. The Kier molecular flexibility index (Phi) is 3.99. The van der Waals surface area contributed by atoms with Gasteiger partial charge in [0.25, 0.3) is 0 Å². The van der Waals surface area contributed by atoms with E-state index < -0.39 is 0 Å². The lowest BCUT2D eigenvalue weighted by Crippen LogP contribution is -2.32. The second-order valence-corrected chi connectivity index (χ2v) is 4.95. The summed E-state index contributed by atoms with van der Waals surface area (Å²) < 4.78 is 1.70. The fraction of sp³-hybridized carbons (Fsp3) is 0.462. The third kappa shape index (κ3) is 3.43. The number of rotatable bonds is 5. The molecule has 2 heterocycles. The standard InChI is InChI=1S/C13H19N5O/c1-9(2)7-14-11(19)8-15-13-16-12-10(3)5-4-6-18(12)17-13/h4-6,9H,7-8H2,1-3H3,(H,14,19)(H,15,17). The number of fused-ring (bicyclic) bond motifs is 1.